The molecule has 1 aliphatic rings. The molecular weight excluding hydrogens is 228 g/mol. The zero-order chi connectivity index (χ0) is 13.0. The summed E-state index contributed by atoms with van der Waals surface area (Å²) >= 11 is 0. The second-order valence-electron chi connectivity index (χ2n) is 4.74. The van der Waals surface area contributed by atoms with Crippen LogP contribution in [0, 0.1) is 5.92 Å². The minimum Gasteiger partial charge on any atom is -0.369 e. The molecule has 4 heteroatoms. The van der Waals surface area contributed by atoms with Gasteiger partial charge in [-0.2, -0.15) is 0 Å². The van der Waals surface area contributed by atoms with E-state index < -0.39 is 0 Å². The van der Waals surface area contributed by atoms with Gasteiger partial charge in [0.05, 0.1) is 6.54 Å². The summed E-state index contributed by atoms with van der Waals surface area (Å²) < 4.78 is 0. The van der Waals surface area contributed by atoms with Gasteiger partial charge in [0, 0.05) is 11.5 Å². The van der Waals surface area contributed by atoms with Gasteiger partial charge < -0.3 is 5.73 Å². The fourth-order valence-corrected chi connectivity index (χ4v) is 2.29. The van der Waals surface area contributed by atoms with Gasteiger partial charge in [-0.1, -0.05) is 30.3 Å². The van der Waals surface area contributed by atoms with E-state index in [1.165, 1.54) is 0 Å². The van der Waals surface area contributed by atoms with Crippen molar-refractivity contribution >= 4 is 11.7 Å². The highest BCUT2D eigenvalue weighted by atomic mass is 16.1. The van der Waals surface area contributed by atoms with E-state index in [-0.39, 0.29) is 17.6 Å². The number of benzene rings is 1. The molecule has 1 aliphatic heterocycles. The van der Waals surface area contributed by atoms with Gasteiger partial charge in [0.2, 0.25) is 5.91 Å². The topological polar surface area (TPSA) is 63.4 Å². The first kappa shape index (κ1) is 12.8. The second-order valence-corrected chi connectivity index (χ2v) is 4.74. The Balaban J connectivity index is 1.85. The Morgan fingerprint density at radius 3 is 2.33 bits per heavy atom. The summed E-state index contributed by atoms with van der Waals surface area (Å²) in [6, 6.07) is 9.30. The van der Waals surface area contributed by atoms with Gasteiger partial charge in [-0.3, -0.25) is 14.5 Å². The lowest BCUT2D eigenvalue weighted by Crippen LogP contribution is -2.40. The number of ketones is 1. The van der Waals surface area contributed by atoms with Crippen molar-refractivity contribution in [2.75, 3.05) is 19.6 Å². The van der Waals surface area contributed by atoms with Crippen LogP contribution >= 0.6 is 0 Å². The minimum atomic E-state index is -0.218. The zero-order valence-electron chi connectivity index (χ0n) is 10.3. The monoisotopic (exact) mass is 246 g/mol. The van der Waals surface area contributed by atoms with Crippen molar-refractivity contribution in [1.29, 1.82) is 0 Å². The van der Waals surface area contributed by atoms with Gasteiger partial charge >= 0.3 is 0 Å². The quantitative estimate of drug-likeness (QED) is 0.808. The van der Waals surface area contributed by atoms with Crippen molar-refractivity contribution < 1.29 is 9.59 Å². The van der Waals surface area contributed by atoms with Crippen LogP contribution in [0.3, 0.4) is 0 Å². The average molecular weight is 246 g/mol. The number of amides is 1. The number of hydrogen-bond acceptors (Lipinski definition) is 3. The molecule has 18 heavy (non-hydrogen) atoms. The average Bonchev–Trinajstić information content (AvgIpc) is 2.40. The van der Waals surface area contributed by atoms with Crippen molar-refractivity contribution in [3.63, 3.8) is 0 Å². The van der Waals surface area contributed by atoms with Gasteiger partial charge in [-0.15, -0.1) is 0 Å². The molecule has 0 aliphatic carbocycles. The number of nitrogens with two attached hydrogens (primary N) is 1. The second kappa shape index (κ2) is 5.78. The van der Waals surface area contributed by atoms with Gasteiger partial charge in [-0.25, -0.2) is 0 Å². The maximum absolute atomic E-state index is 12.0. The number of nitrogens with zero attached hydrogens (tertiary/aromatic N) is 1. The number of piperidine rings is 1. The molecule has 0 radical (unpaired) electrons. The maximum atomic E-state index is 12.0. The molecular formula is C14H18N2O2. The number of carbonyl (C=O) groups is 2. The molecule has 96 valence electrons. The smallest absolute Gasteiger partial charge is 0.220 e. The largest absolute Gasteiger partial charge is 0.369 e. The van der Waals surface area contributed by atoms with Crippen molar-refractivity contribution in [2.24, 2.45) is 11.7 Å². The number of carbonyl (C=O) groups excluding carboxylic acids is 2. The molecule has 1 saturated heterocycles. The molecule has 2 rings (SSSR count). The SMILES string of the molecule is NC(=O)C1CCN(CC(=O)c2ccccc2)CC1. The third kappa shape index (κ3) is 3.17. The summed E-state index contributed by atoms with van der Waals surface area (Å²) in [6.07, 6.45) is 1.52. The normalized spacial score (nSPS) is 17.6. The highest BCUT2D eigenvalue weighted by Gasteiger charge is 2.24. The molecule has 1 heterocycles. The number of hydrogen-bond donors (Lipinski definition) is 1. The van der Waals surface area contributed by atoms with E-state index in [1.54, 1.807) is 0 Å². The minimum absolute atomic E-state index is 0.0203. The number of Topliss-reactive ketones (excluding diaryl/α,β-unsaturated/α-hetero) is 1. The Morgan fingerprint density at radius 1 is 1.17 bits per heavy atom. The van der Waals surface area contributed by atoms with Crippen LogP contribution < -0.4 is 5.73 Å². The van der Waals surface area contributed by atoms with Crippen molar-refractivity contribution in [3.8, 4) is 0 Å². The van der Waals surface area contributed by atoms with Crippen LogP contribution in [-0.4, -0.2) is 36.2 Å². The van der Waals surface area contributed by atoms with E-state index >= 15 is 0 Å². The molecule has 0 saturated carbocycles. The van der Waals surface area contributed by atoms with Gasteiger partial charge in [0.15, 0.2) is 5.78 Å². The summed E-state index contributed by atoms with van der Waals surface area (Å²) in [7, 11) is 0. The van der Waals surface area contributed by atoms with Crippen LogP contribution in [0.15, 0.2) is 30.3 Å². The molecule has 0 spiro atoms. The van der Waals surface area contributed by atoms with E-state index in [4.69, 9.17) is 5.73 Å². The molecule has 2 N–H and O–H groups in total. The van der Waals surface area contributed by atoms with Crippen molar-refractivity contribution in [2.45, 2.75) is 12.8 Å². The highest BCUT2D eigenvalue weighted by molar-refractivity contribution is 5.97. The number of primary amides is 1. The Bertz CT molecular complexity index is 423. The highest BCUT2D eigenvalue weighted by Crippen LogP contribution is 2.16. The molecule has 1 aromatic rings. The molecule has 0 unspecified atom stereocenters. The van der Waals surface area contributed by atoms with E-state index in [2.05, 4.69) is 4.90 Å². The first-order valence-electron chi connectivity index (χ1n) is 6.27. The molecule has 4 nitrogen and oxygen atoms in total. The fourth-order valence-electron chi connectivity index (χ4n) is 2.29. The Hall–Kier alpha value is -1.68. The van der Waals surface area contributed by atoms with E-state index in [0.717, 1.165) is 31.5 Å². The van der Waals surface area contributed by atoms with Crippen LogP contribution in [0.1, 0.15) is 23.2 Å². The van der Waals surface area contributed by atoms with Crippen LogP contribution in [0.2, 0.25) is 0 Å². The predicted molar refractivity (Wildman–Crippen MR) is 69.1 cm³/mol. The lowest BCUT2D eigenvalue weighted by Gasteiger charge is -2.29. The van der Waals surface area contributed by atoms with Crippen molar-refractivity contribution in [3.05, 3.63) is 35.9 Å². The fraction of sp³-hybridized carbons (Fsp3) is 0.429. The van der Waals surface area contributed by atoms with E-state index in [9.17, 15) is 9.59 Å². The lowest BCUT2D eigenvalue weighted by atomic mass is 9.96. The molecule has 0 bridgehead atoms. The van der Waals surface area contributed by atoms with Crippen LogP contribution in [0.5, 0.6) is 0 Å². The molecule has 1 fully saturated rings. The Labute approximate surface area is 107 Å². The number of likely N-dealkylation sites (tertiary alicyclic amines) is 1. The third-order valence-electron chi connectivity index (χ3n) is 3.45. The number of rotatable bonds is 4. The van der Waals surface area contributed by atoms with Crippen LogP contribution in [-0.2, 0) is 4.79 Å². The predicted octanol–water partition coefficient (Wildman–Crippen LogP) is 1.07. The third-order valence-corrected chi connectivity index (χ3v) is 3.45. The van der Waals surface area contributed by atoms with Crippen molar-refractivity contribution in [1.82, 2.24) is 4.90 Å². The summed E-state index contributed by atoms with van der Waals surface area (Å²) in [6.45, 7) is 1.97. The van der Waals surface area contributed by atoms with Gasteiger partial charge in [0.25, 0.3) is 0 Å². The maximum Gasteiger partial charge on any atom is 0.220 e. The standard InChI is InChI=1S/C14H18N2O2/c15-14(18)12-6-8-16(9-7-12)10-13(17)11-4-2-1-3-5-11/h1-5,12H,6-10H2,(H2,15,18). The first-order valence-corrected chi connectivity index (χ1v) is 6.27. The summed E-state index contributed by atoms with van der Waals surface area (Å²) in [5.74, 6) is -0.106. The molecule has 1 amide bonds. The van der Waals surface area contributed by atoms with Crippen LogP contribution in [0.4, 0.5) is 0 Å². The summed E-state index contributed by atoms with van der Waals surface area (Å²) in [5.41, 5.74) is 6.03. The van der Waals surface area contributed by atoms with Gasteiger partial charge in [-0.05, 0) is 25.9 Å². The molecule has 0 atom stereocenters. The van der Waals surface area contributed by atoms with E-state index in [1.807, 2.05) is 30.3 Å². The van der Waals surface area contributed by atoms with Gasteiger partial charge in [0.1, 0.15) is 0 Å². The summed E-state index contributed by atoms with van der Waals surface area (Å²) in [4.78, 5) is 25.1. The first-order chi connectivity index (χ1) is 8.66. The van der Waals surface area contributed by atoms with E-state index in [0.29, 0.717) is 6.54 Å². The lowest BCUT2D eigenvalue weighted by molar-refractivity contribution is -0.123. The summed E-state index contributed by atoms with van der Waals surface area (Å²) in [5, 5.41) is 0. The molecule has 1 aromatic carbocycles. The zero-order valence-corrected chi connectivity index (χ0v) is 10.3. The Kier molecular flexibility index (Phi) is 4.10. The van der Waals surface area contributed by atoms with Crippen LogP contribution in [0.25, 0.3) is 0 Å². The Morgan fingerprint density at radius 2 is 1.78 bits per heavy atom. The molecule has 0 aromatic heterocycles.